The number of aliphatic carboxylic acids is 1. The van der Waals surface area contributed by atoms with Crippen LogP contribution < -0.4 is 4.72 Å². The van der Waals surface area contributed by atoms with Crippen molar-refractivity contribution in [1.82, 2.24) is 4.98 Å². The first kappa shape index (κ1) is 14.0. The third-order valence-corrected chi connectivity index (χ3v) is 5.85. The fourth-order valence-electron chi connectivity index (χ4n) is 1.31. The Kier molecular flexibility index (Phi) is 3.88. The van der Waals surface area contributed by atoms with Gasteiger partial charge in [-0.2, -0.15) is 0 Å². The summed E-state index contributed by atoms with van der Waals surface area (Å²) in [5.74, 6) is -1.01. The molecule has 19 heavy (non-hydrogen) atoms. The zero-order valence-corrected chi connectivity index (χ0v) is 12.2. The minimum atomic E-state index is -3.64. The van der Waals surface area contributed by atoms with Gasteiger partial charge in [-0.05, 0) is 19.1 Å². The van der Waals surface area contributed by atoms with Crippen molar-refractivity contribution >= 4 is 43.8 Å². The van der Waals surface area contributed by atoms with Crippen molar-refractivity contribution in [2.45, 2.75) is 17.6 Å². The van der Waals surface area contributed by atoms with Gasteiger partial charge in [0.05, 0.1) is 12.1 Å². The van der Waals surface area contributed by atoms with Crippen LogP contribution in [0, 0.1) is 6.92 Å². The van der Waals surface area contributed by atoms with Crippen LogP contribution in [0.2, 0.25) is 0 Å². The van der Waals surface area contributed by atoms with Crippen LogP contribution in [0.1, 0.15) is 10.6 Å². The molecule has 0 spiro atoms. The van der Waals surface area contributed by atoms with Gasteiger partial charge in [0.1, 0.15) is 4.21 Å². The summed E-state index contributed by atoms with van der Waals surface area (Å²) in [6.45, 7) is 1.82. The number of sulfonamides is 1. The van der Waals surface area contributed by atoms with E-state index in [-0.39, 0.29) is 15.8 Å². The molecule has 0 fully saturated rings. The molecule has 0 aromatic carbocycles. The van der Waals surface area contributed by atoms with Crippen LogP contribution in [0.4, 0.5) is 5.13 Å². The first-order chi connectivity index (χ1) is 8.87. The Labute approximate surface area is 117 Å². The number of nitrogens with one attached hydrogen (secondary N) is 1. The van der Waals surface area contributed by atoms with Gasteiger partial charge in [0.15, 0.2) is 5.13 Å². The predicted octanol–water partition coefficient (Wildman–Crippen LogP) is 1.94. The molecule has 0 saturated carbocycles. The highest BCUT2D eigenvalue weighted by atomic mass is 32.2. The lowest BCUT2D eigenvalue weighted by Crippen LogP contribution is -2.11. The van der Waals surface area contributed by atoms with Crippen molar-refractivity contribution < 1.29 is 18.3 Å². The van der Waals surface area contributed by atoms with E-state index >= 15 is 0 Å². The van der Waals surface area contributed by atoms with Crippen molar-refractivity contribution in [1.29, 1.82) is 0 Å². The Morgan fingerprint density at radius 2 is 2.21 bits per heavy atom. The summed E-state index contributed by atoms with van der Waals surface area (Å²) in [5, 5.41) is 10.3. The number of hydrogen-bond acceptors (Lipinski definition) is 6. The second-order valence-corrected chi connectivity index (χ2v) is 7.74. The Morgan fingerprint density at radius 3 is 2.79 bits per heavy atom. The van der Waals surface area contributed by atoms with Crippen LogP contribution in [0.25, 0.3) is 0 Å². The third kappa shape index (κ3) is 3.52. The van der Waals surface area contributed by atoms with Crippen molar-refractivity contribution in [3.63, 3.8) is 0 Å². The number of thiazole rings is 1. The lowest BCUT2D eigenvalue weighted by Gasteiger charge is -2.01. The van der Waals surface area contributed by atoms with Gasteiger partial charge in [-0.1, -0.05) is 0 Å². The molecule has 0 saturated heterocycles. The van der Waals surface area contributed by atoms with Gasteiger partial charge in [-0.25, -0.2) is 13.4 Å². The molecule has 102 valence electrons. The maximum atomic E-state index is 12.0. The smallest absolute Gasteiger partial charge is 0.309 e. The molecule has 2 rings (SSSR count). The van der Waals surface area contributed by atoms with Crippen molar-refractivity contribution in [3.05, 3.63) is 28.1 Å². The molecule has 0 bridgehead atoms. The molecule has 2 N–H and O–H groups in total. The van der Waals surface area contributed by atoms with E-state index in [4.69, 9.17) is 5.11 Å². The summed E-state index contributed by atoms with van der Waals surface area (Å²) in [5.41, 5.74) is 0.331. The first-order valence-corrected chi connectivity index (χ1v) is 8.30. The second-order valence-electron chi connectivity index (χ2n) is 3.69. The van der Waals surface area contributed by atoms with Crippen molar-refractivity contribution in [2.75, 3.05) is 4.72 Å². The van der Waals surface area contributed by atoms with Gasteiger partial charge >= 0.3 is 5.97 Å². The summed E-state index contributed by atoms with van der Waals surface area (Å²) >= 11 is 2.22. The largest absolute Gasteiger partial charge is 0.481 e. The summed E-state index contributed by atoms with van der Waals surface area (Å²) in [6, 6.07) is 3.24. The van der Waals surface area contributed by atoms with E-state index in [1.54, 1.807) is 6.07 Å². The number of nitrogens with zero attached hydrogens (tertiary/aromatic N) is 1. The maximum absolute atomic E-state index is 12.0. The molecule has 0 unspecified atom stereocenters. The van der Waals surface area contributed by atoms with E-state index in [1.165, 1.54) is 11.4 Å². The van der Waals surface area contributed by atoms with E-state index in [2.05, 4.69) is 9.71 Å². The average Bonchev–Trinajstić information content (AvgIpc) is 2.87. The third-order valence-electron chi connectivity index (χ3n) is 2.09. The number of aromatic nitrogens is 1. The molecule has 9 heteroatoms. The topological polar surface area (TPSA) is 96.4 Å². The summed E-state index contributed by atoms with van der Waals surface area (Å²) in [6.07, 6.45) is -0.226. The van der Waals surface area contributed by atoms with Crippen LogP contribution >= 0.6 is 22.7 Å². The lowest BCUT2D eigenvalue weighted by atomic mass is 10.3. The number of carboxylic acid groups (broad SMARTS) is 1. The number of hydrogen-bond donors (Lipinski definition) is 2. The Morgan fingerprint density at radius 1 is 1.47 bits per heavy atom. The maximum Gasteiger partial charge on any atom is 0.309 e. The molecule has 2 heterocycles. The lowest BCUT2D eigenvalue weighted by molar-refractivity contribution is -0.136. The average molecular weight is 318 g/mol. The predicted molar refractivity (Wildman–Crippen MR) is 73.3 cm³/mol. The zero-order valence-electron chi connectivity index (χ0n) is 9.78. The Bertz CT molecular complexity index is 702. The highest BCUT2D eigenvalue weighted by molar-refractivity contribution is 7.94. The highest BCUT2D eigenvalue weighted by Gasteiger charge is 2.18. The van der Waals surface area contributed by atoms with E-state index in [1.807, 2.05) is 6.92 Å². The van der Waals surface area contributed by atoms with Crippen LogP contribution in [-0.2, 0) is 21.2 Å². The molecule has 0 radical (unpaired) electrons. The standard InChI is InChI=1S/C10H10N2O4S3/c1-6-2-3-9(18-6)19(15,16)12-10-11-7(5-17-10)4-8(13)14/h2-3,5H,4H2,1H3,(H,11,12)(H,13,14). The quantitative estimate of drug-likeness (QED) is 0.878. The van der Waals surface area contributed by atoms with Crippen LogP contribution in [-0.4, -0.2) is 24.5 Å². The van der Waals surface area contributed by atoms with Crippen LogP contribution in [0.3, 0.4) is 0 Å². The van der Waals surface area contributed by atoms with Crippen LogP contribution in [0.15, 0.2) is 21.7 Å². The van der Waals surface area contributed by atoms with Crippen molar-refractivity contribution in [2.24, 2.45) is 0 Å². The van der Waals surface area contributed by atoms with Crippen molar-refractivity contribution in [3.8, 4) is 0 Å². The van der Waals surface area contributed by atoms with Crippen LogP contribution in [0.5, 0.6) is 0 Å². The molecular weight excluding hydrogens is 308 g/mol. The Balaban J connectivity index is 2.16. The fourth-order valence-corrected chi connectivity index (χ4v) is 4.56. The number of anilines is 1. The monoisotopic (exact) mass is 318 g/mol. The molecule has 2 aromatic rings. The van der Waals surface area contributed by atoms with Gasteiger partial charge in [0.2, 0.25) is 0 Å². The summed E-state index contributed by atoms with van der Waals surface area (Å²) in [4.78, 5) is 15.3. The van der Waals surface area contributed by atoms with Gasteiger partial charge in [0, 0.05) is 10.3 Å². The minimum absolute atomic E-state index is 0.169. The molecule has 0 aliphatic carbocycles. The summed E-state index contributed by atoms with van der Waals surface area (Å²) in [7, 11) is -3.64. The van der Waals surface area contributed by atoms with Gasteiger partial charge in [-0.15, -0.1) is 22.7 Å². The van der Waals surface area contributed by atoms with E-state index in [0.29, 0.717) is 5.69 Å². The highest BCUT2D eigenvalue weighted by Crippen LogP contribution is 2.25. The van der Waals surface area contributed by atoms with Gasteiger partial charge < -0.3 is 5.11 Å². The molecule has 0 amide bonds. The number of carboxylic acids is 1. The van der Waals surface area contributed by atoms with E-state index in [9.17, 15) is 13.2 Å². The summed E-state index contributed by atoms with van der Waals surface area (Å²) < 4.78 is 26.5. The minimum Gasteiger partial charge on any atom is -0.481 e. The van der Waals surface area contributed by atoms with E-state index in [0.717, 1.165) is 27.6 Å². The number of rotatable bonds is 5. The molecular formula is C10H10N2O4S3. The number of carbonyl (C=O) groups is 1. The second kappa shape index (κ2) is 5.27. The SMILES string of the molecule is Cc1ccc(S(=O)(=O)Nc2nc(CC(=O)O)cs2)s1. The van der Waals surface area contributed by atoms with E-state index < -0.39 is 16.0 Å². The number of thiophene rings is 1. The fraction of sp³-hybridized carbons (Fsp3) is 0.200. The molecule has 6 nitrogen and oxygen atoms in total. The molecule has 0 aliphatic rings. The molecule has 2 aromatic heterocycles. The zero-order chi connectivity index (χ0) is 14.0. The molecule has 0 aliphatic heterocycles. The van der Waals surface area contributed by atoms with Gasteiger partial charge in [0.25, 0.3) is 10.0 Å². The normalized spacial score (nSPS) is 11.4. The number of aryl methyl sites for hydroxylation is 1. The Hall–Kier alpha value is -1.45. The first-order valence-electron chi connectivity index (χ1n) is 5.12. The molecule has 0 atom stereocenters. The van der Waals surface area contributed by atoms with Gasteiger partial charge in [-0.3, -0.25) is 9.52 Å².